The molecule has 144 valence electrons. The Hall–Kier alpha value is -1.59. The highest BCUT2D eigenvalue weighted by atomic mass is 16.6. The van der Waals surface area contributed by atoms with E-state index in [9.17, 15) is 4.79 Å². The number of amides is 1. The fourth-order valence-corrected chi connectivity index (χ4v) is 3.89. The maximum absolute atomic E-state index is 12.3. The first-order valence-electron chi connectivity index (χ1n) is 10.0. The van der Waals surface area contributed by atoms with Crippen molar-refractivity contribution in [3.05, 3.63) is 35.9 Å². The molecule has 0 radical (unpaired) electrons. The smallest absolute Gasteiger partial charge is 0.410 e. The zero-order valence-electron chi connectivity index (χ0n) is 15.9. The topological polar surface area (TPSA) is 50.8 Å². The highest BCUT2D eigenvalue weighted by molar-refractivity contribution is 5.67. The van der Waals surface area contributed by atoms with Gasteiger partial charge in [-0.15, -0.1) is 0 Å². The molecule has 1 atom stereocenters. The summed E-state index contributed by atoms with van der Waals surface area (Å²) in [6, 6.07) is 10.4. The predicted molar refractivity (Wildman–Crippen MR) is 102 cm³/mol. The SMILES string of the molecule is CCC1CCC(NCC2CN(C(=O)OCc3ccccc3)CCO2)CC1. The summed E-state index contributed by atoms with van der Waals surface area (Å²) in [7, 11) is 0. The van der Waals surface area contributed by atoms with Crippen LogP contribution in [-0.4, -0.2) is 49.4 Å². The molecular weight excluding hydrogens is 328 g/mol. The van der Waals surface area contributed by atoms with Gasteiger partial charge in [0.2, 0.25) is 0 Å². The largest absolute Gasteiger partial charge is 0.445 e. The summed E-state index contributed by atoms with van der Waals surface area (Å²) >= 11 is 0. The van der Waals surface area contributed by atoms with E-state index in [1.807, 2.05) is 30.3 Å². The third-order valence-corrected chi connectivity index (χ3v) is 5.66. The standard InChI is InChI=1S/C21H32N2O3/c1-2-17-8-10-19(11-9-17)22-14-20-15-23(12-13-25-20)21(24)26-16-18-6-4-3-5-7-18/h3-7,17,19-20,22H,2,8-16H2,1H3. The molecule has 1 aliphatic carbocycles. The Morgan fingerprint density at radius 1 is 1.23 bits per heavy atom. The maximum Gasteiger partial charge on any atom is 0.410 e. The Morgan fingerprint density at radius 3 is 2.73 bits per heavy atom. The van der Waals surface area contributed by atoms with E-state index in [0.717, 1.165) is 18.0 Å². The molecule has 3 rings (SSSR count). The molecule has 1 aromatic carbocycles. The number of ether oxygens (including phenoxy) is 2. The van der Waals surface area contributed by atoms with Gasteiger partial charge in [0.1, 0.15) is 6.61 Å². The van der Waals surface area contributed by atoms with Crippen LogP contribution in [0.1, 0.15) is 44.6 Å². The van der Waals surface area contributed by atoms with Crippen molar-refractivity contribution in [3.8, 4) is 0 Å². The summed E-state index contributed by atoms with van der Waals surface area (Å²) in [4.78, 5) is 14.1. The zero-order valence-corrected chi connectivity index (χ0v) is 15.9. The normalized spacial score (nSPS) is 26.5. The molecule has 5 heteroatoms. The lowest BCUT2D eigenvalue weighted by Crippen LogP contribution is -2.50. The van der Waals surface area contributed by atoms with Gasteiger partial charge in [-0.1, -0.05) is 43.7 Å². The van der Waals surface area contributed by atoms with E-state index in [1.165, 1.54) is 32.1 Å². The second-order valence-electron chi connectivity index (χ2n) is 7.51. The summed E-state index contributed by atoms with van der Waals surface area (Å²) in [6.45, 7) is 5.20. The average Bonchev–Trinajstić information content (AvgIpc) is 2.72. The van der Waals surface area contributed by atoms with Gasteiger partial charge < -0.3 is 19.7 Å². The molecular formula is C21H32N2O3. The molecule has 1 saturated carbocycles. The van der Waals surface area contributed by atoms with Crippen LogP contribution >= 0.6 is 0 Å². The van der Waals surface area contributed by atoms with Crippen LogP contribution in [0.2, 0.25) is 0 Å². The second-order valence-corrected chi connectivity index (χ2v) is 7.51. The summed E-state index contributed by atoms with van der Waals surface area (Å²) < 4.78 is 11.3. The zero-order chi connectivity index (χ0) is 18.2. The van der Waals surface area contributed by atoms with Crippen LogP contribution in [0.3, 0.4) is 0 Å². The number of carbonyl (C=O) groups is 1. The maximum atomic E-state index is 12.3. The minimum Gasteiger partial charge on any atom is -0.445 e. The number of carbonyl (C=O) groups excluding carboxylic acids is 1. The van der Waals surface area contributed by atoms with Crippen molar-refractivity contribution in [1.29, 1.82) is 0 Å². The molecule has 1 amide bonds. The molecule has 0 aromatic heterocycles. The molecule has 0 bridgehead atoms. The van der Waals surface area contributed by atoms with Crippen molar-refractivity contribution in [1.82, 2.24) is 10.2 Å². The lowest BCUT2D eigenvalue weighted by molar-refractivity contribution is -0.0285. The van der Waals surface area contributed by atoms with E-state index in [2.05, 4.69) is 12.2 Å². The first kappa shape index (κ1) is 19.2. The molecule has 1 heterocycles. The number of nitrogens with zero attached hydrogens (tertiary/aromatic N) is 1. The van der Waals surface area contributed by atoms with Gasteiger partial charge in [-0.3, -0.25) is 0 Å². The van der Waals surface area contributed by atoms with Crippen LogP contribution < -0.4 is 5.32 Å². The van der Waals surface area contributed by atoms with E-state index >= 15 is 0 Å². The van der Waals surface area contributed by atoms with E-state index in [1.54, 1.807) is 4.90 Å². The summed E-state index contributed by atoms with van der Waals surface area (Å²) in [6.07, 6.45) is 6.29. The Bertz CT molecular complexity index is 543. The van der Waals surface area contributed by atoms with Crippen molar-refractivity contribution in [3.63, 3.8) is 0 Å². The van der Waals surface area contributed by atoms with E-state index in [-0.39, 0.29) is 12.2 Å². The molecule has 26 heavy (non-hydrogen) atoms. The minimum absolute atomic E-state index is 0.0527. The third-order valence-electron chi connectivity index (χ3n) is 5.66. The molecule has 2 aliphatic rings. The molecule has 1 aliphatic heterocycles. The number of hydrogen-bond acceptors (Lipinski definition) is 4. The van der Waals surface area contributed by atoms with Gasteiger partial charge in [-0.25, -0.2) is 4.79 Å². The number of morpholine rings is 1. The Labute approximate surface area is 157 Å². The summed E-state index contributed by atoms with van der Waals surface area (Å²) in [5, 5.41) is 3.65. The fraction of sp³-hybridized carbons (Fsp3) is 0.667. The van der Waals surface area contributed by atoms with Crippen LogP contribution in [0.5, 0.6) is 0 Å². The van der Waals surface area contributed by atoms with Crippen molar-refractivity contribution >= 4 is 6.09 Å². The monoisotopic (exact) mass is 360 g/mol. The fourth-order valence-electron chi connectivity index (χ4n) is 3.89. The predicted octanol–water partition coefficient (Wildman–Crippen LogP) is 3.58. The van der Waals surface area contributed by atoms with Crippen molar-refractivity contribution in [2.75, 3.05) is 26.2 Å². The van der Waals surface area contributed by atoms with Gasteiger partial charge in [0, 0.05) is 19.1 Å². The lowest BCUT2D eigenvalue weighted by Gasteiger charge is -2.34. The first-order valence-corrected chi connectivity index (χ1v) is 10.0. The number of hydrogen-bond donors (Lipinski definition) is 1. The molecule has 1 N–H and O–H groups in total. The molecule has 1 aromatic rings. The van der Waals surface area contributed by atoms with Crippen LogP contribution in [0.25, 0.3) is 0 Å². The van der Waals surface area contributed by atoms with Crippen molar-refractivity contribution in [2.24, 2.45) is 5.92 Å². The Morgan fingerprint density at radius 2 is 2.00 bits per heavy atom. The number of nitrogens with one attached hydrogen (secondary N) is 1. The van der Waals surface area contributed by atoms with Crippen LogP contribution in [0, 0.1) is 5.92 Å². The van der Waals surface area contributed by atoms with E-state index in [0.29, 0.717) is 32.3 Å². The highest BCUT2D eigenvalue weighted by Crippen LogP contribution is 2.26. The molecule has 1 saturated heterocycles. The van der Waals surface area contributed by atoms with E-state index < -0.39 is 0 Å². The molecule has 2 fully saturated rings. The second kappa shape index (κ2) is 9.93. The van der Waals surface area contributed by atoms with Gasteiger partial charge in [0.25, 0.3) is 0 Å². The lowest BCUT2D eigenvalue weighted by atomic mass is 9.84. The van der Waals surface area contributed by atoms with Gasteiger partial charge in [0.15, 0.2) is 0 Å². The quantitative estimate of drug-likeness (QED) is 0.842. The summed E-state index contributed by atoms with van der Waals surface area (Å²) in [5.41, 5.74) is 1.01. The number of rotatable bonds is 6. The first-order chi connectivity index (χ1) is 12.7. The Balaban J connectivity index is 1.37. The van der Waals surface area contributed by atoms with Crippen LogP contribution in [0.4, 0.5) is 4.79 Å². The van der Waals surface area contributed by atoms with Gasteiger partial charge >= 0.3 is 6.09 Å². The third kappa shape index (κ3) is 5.71. The molecule has 1 unspecified atom stereocenters. The number of benzene rings is 1. The van der Waals surface area contributed by atoms with Crippen LogP contribution in [-0.2, 0) is 16.1 Å². The highest BCUT2D eigenvalue weighted by Gasteiger charge is 2.26. The molecule has 0 spiro atoms. The van der Waals surface area contributed by atoms with Crippen molar-refractivity contribution in [2.45, 2.75) is 57.8 Å². The van der Waals surface area contributed by atoms with Crippen LogP contribution in [0.15, 0.2) is 30.3 Å². The minimum atomic E-state index is -0.245. The average molecular weight is 360 g/mol. The summed E-state index contributed by atoms with van der Waals surface area (Å²) in [5.74, 6) is 0.911. The van der Waals surface area contributed by atoms with Gasteiger partial charge in [-0.2, -0.15) is 0 Å². The van der Waals surface area contributed by atoms with Gasteiger partial charge in [-0.05, 0) is 37.2 Å². The molecule has 5 nitrogen and oxygen atoms in total. The van der Waals surface area contributed by atoms with E-state index in [4.69, 9.17) is 9.47 Å². The van der Waals surface area contributed by atoms with Gasteiger partial charge in [0.05, 0.1) is 19.3 Å². The Kier molecular flexibility index (Phi) is 7.32. The van der Waals surface area contributed by atoms with Crippen molar-refractivity contribution < 1.29 is 14.3 Å².